The van der Waals surface area contributed by atoms with Crippen LogP contribution in [-0.4, -0.2) is 22.0 Å². The average molecular weight is 274 g/mol. The highest BCUT2D eigenvalue weighted by atomic mass is 19.1. The molecule has 1 heterocycles. The van der Waals surface area contributed by atoms with E-state index < -0.39 is 5.97 Å². The number of aromatic carboxylic acids is 1. The fourth-order valence-electron chi connectivity index (χ4n) is 1.62. The summed E-state index contributed by atoms with van der Waals surface area (Å²) in [6.45, 7) is 0. The molecule has 0 spiro atoms. The minimum absolute atomic E-state index is 0.00965. The summed E-state index contributed by atoms with van der Waals surface area (Å²) in [4.78, 5) is 26.3. The molecule has 5 nitrogen and oxygen atoms in total. The summed E-state index contributed by atoms with van der Waals surface area (Å²) < 4.78 is 12.7. The molecule has 0 saturated carbocycles. The Morgan fingerprint density at radius 3 is 2.55 bits per heavy atom. The summed E-state index contributed by atoms with van der Waals surface area (Å²) >= 11 is 0. The highest BCUT2D eigenvalue weighted by molar-refractivity contribution is 5.94. The fourth-order valence-corrected chi connectivity index (χ4v) is 1.62. The molecule has 0 atom stereocenters. The Balaban J connectivity index is 2.02. The summed E-state index contributed by atoms with van der Waals surface area (Å²) in [6.07, 6.45) is 2.62. The molecular formula is C14H11FN2O3. The van der Waals surface area contributed by atoms with Gasteiger partial charge in [-0.3, -0.25) is 9.78 Å². The van der Waals surface area contributed by atoms with Crippen molar-refractivity contribution in [1.29, 1.82) is 0 Å². The second-order valence-corrected chi connectivity index (χ2v) is 4.12. The summed E-state index contributed by atoms with van der Waals surface area (Å²) in [5, 5.41) is 11.4. The molecule has 0 aliphatic heterocycles. The SMILES string of the molecule is O=C(Cc1ccc(F)cc1)Nc1cncc(C(=O)O)c1. The van der Waals surface area contributed by atoms with E-state index in [9.17, 15) is 14.0 Å². The maximum atomic E-state index is 12.7. The third-order valence-electron chi connectivity index (χ3n) is 2.55. The zero-order chi connectivity index (χ0) is 14.5. The molecule has 0 fully saturated rings. The van der Waals surface area contributed by atoms with Crippen LogP contribution in [0.3, 0.4) is 0 Å². The number of carbonyl (C=O) groups is 2. The van der Waals surface area contributed by atoms with E-state index in [4.69, 9.17) is 5.11 Å². The number of carboxylic acid groups (broad SMARTS) is 1. The molecule has 102 valence electrons. The van der Waals surface area contributed by atoms with Crippen molar-refractivity contribution in [3.63, 3.8) is 0 Å². The number of anilines is 1. The van der Waals surface area contributed by atoms with Gasteiger partial charge in [0.05, 0.1) is 23.9 Å². The van der Waals surface area contributed by atoms with Gasteiger partial charge < -0.3 is 10.4 Å². The molecule has 0 aliphatic rings. The van der Waals surface area contributed by atoms with Crippen LogP contribution in [0.4, 0.5) is 10.1 Å². The third-order valence-corrected chi connectivity index (χ3v) is 2.55. The van der Waals surface area contributed by atoms with Gasteiger partial charge in [-0.05, 0) is 23.8 Å². The first-order chi connectivity index (χ1) is 9.54. The summed E-state index contributed by atoms with van der Waals surface area (Å²) in [7, 11) is 0. The van der Waals surface area contributed by atoms with Crippen molar-refractivity contribution in [2.75, 3.05) is 5.32 Å². The maximum absolute atomic E-state index is 12.7. The number of rotatable bonds is 4. The van der Waals surface area contributed by atoms with Crippen LogP contribution in [0.1, 0.15) is 15.9 Å². The van der Waals surface area contributed by atoms with E-state index in [-0.39, 0.29) is 23.7 Å². The molecule has 1 aromatic heterocycles. The lowest BCUT2D eigenvalue weighted by Crippen LogP contribution is -2.15. The van der Waals surface area contributed by atoms with Gasteiger partial charge in [-0.15, -0.1) is 0 Å². The molecule has 2 N–H and O–H groups in total. The summed E-state index contributed by atoms with van der Waals surface area (Å²) in [5.41, 5.74) is 0.952. The number of benzene rings is 1. The van der Waals surface area contributed by atoms with E-state index in [0.717, 1.165) is 0 Å². The molecule has 1 amide bonds. The van der Waals surface area contributed by atoms with Crippen LogP contribution in [0.25, 0.3) is 0 Å². The molecule has 0 unspecified atom stereocenters. The molecule has 0 radical (unpaired) electrons. The van der Waals surface area contributed by atoms with E-state index in [1.54, 1.807) is 0 Å². The summed E-state index contributed by atoms with van der Waals surface area (Å²) in [6, 6.07) is 6.89. The lowest BCUT2D eigenvalue weighted by molar-refractivity contribution is -0.115. The molecule has 1 aromatic carbocycles. The Labute approximate surface area is 114 Å². The van der Waals surface area contributed by atoms with Crippen molar-refractivity contribution in [3.05, 3.63) is 59.7 Å². The van der Waals surface area contributed by atoms with E-state index in [1.165, 1.54) is 42.7 Å². The molecular weight excluding hydrogens is 263 g/mol. The first-order valence-electron chi connectivity index (χ1n) is 5.77. The van der Waals surface area contributed by atoms with Gasteiger partial charge in [0.1, 0.15) is 5.82 Å². The first-order valence-corrected chi connectivity index (χ1v) is 5.77. The zero-order valence-electron chi connectivity index (χ0n) is 10.3. The number of amides is 1. The highest BCUT2D eigenvalue weighted by Crippen LogP contribution is 2.10. The molecule has 0 saturated heterocycles. The van der Waals surface area contributed by atoms with Gasteiger partial charge in [-0.2, -0.15) is 0 Å². The van der Waals surface area contributed by atoms with Gasteiger partial charge in [0.15, 0.2) is 0 Å². The smallest absolute Gasteiger partial charge is 0.337 e. The van der Waals surface area contributed by atoms with Gasteiger partial charge in [-0.25, -0.2) is 9.18 Å². The topological polar surface area (TPSA) is 79.3 Å². The number of nitrogens with one attached hydrogen (secondary N) is 1. The zero-order valence-corrected chi connectivity index (χ0v) is 10.3. The van der Waals surface area contributed by atoms with Crippen molar-refractivity contribution in [1.82, 2.24) is 4.98 Å². The van der Waals surface area contributed by atoms with Crippen LogP contribution in [0.2, 0.25) is 0 Å². The standard InChI is InChI=1S/C14H11FN2O3/c15-11-3-1-9(2-4-11)5-13(18)17-12-6-10(14(19)20)7-16-8-12/h1-4,6-8H,5H2,(H,17,18)(H,19,20). The van der Waals surface area contributed by atoms with Gasteiger partial charge >= 0.3 is 5.97 Å². The van der Waals surface area contributed by atoms with Gasteiger partial charge in [0.25, 0.3) is 0 Å². The van der Waals surface area contributed by atoms with Gasteiger partial charge in [-0.1, -0.05) is 12.1 Å². The number of nitrogens with zero attached hydrogens (tertiary/aromatic N) is 1. The predicted molar refractivity (Wildman–Crippen MR) is 69.9 cm³/mol. The molecule has 2 aromatic rings. The van der Waals surface area contributed by atoms with Crippen LogP contribution in [0.5, 0.6) is 0 Å². The second kappa shape index (κ2) is 5.92. The van der Waals surface area contributed by atoms with Crippen molar-refractivity contribution in [2.45, 2.75) is 6.42 Å². The van der Waals surface area contributed by atoms with Crippen LogP contribution >= 0.6 is 0 Å². The Hall–Kier alpha value is -2.76. The molecule has 2 rings (SSSR count). The minimum atomic E-state index is -1.12. The Morgan fingerprint density at radius 2 is 1.90 bits per heavy atom. The fraction of sp³-hybridized carbons (Fsp3) is 0.0714. The van der Waals surface area contributed by atoms with Crippen molar-refractivity contribution in [2.24, 2.45) is 0 Å². The van der Waals surface area contributed by atoms with Crippen LogP contribution in [0, 0.1) is 5.82 Å². The minimum Gasteiger partial charge on any atom is -0.478 e. The predicted octanol–water partition coefficient (Wildman–Crippen LogP) is 2.10. The number of aromatic nitrogens is 1. The van der Waals surface area contributed by atoms with Gasteiger partial charge in [0.2, 0.25) is 5.91 Å². The lowest BCUT2D eigenvalue weighted by Gasteiger charge is -2.05. The van der Waals surface area contributed by atoms with E-state index in [0.29, 0.717) is 11.3 Å². The van der Waals surface area contributed by atoms with Gasteiger partial charge in [0, 0.05) is 6.20 Å². The Kier molecular flexibility index (Phi) is 4.05. The molecule has 6 heteroatoms. The normalized spacial score (nSPS) is 10.1. The molecule has 20 heavy (non-hydrogen) atoms. The Bertz CT molecular complexity index is 641. The number of hydrogen-bond acceptors (Lipinski definition) is 3. The average Bonchev–Trinajstić information content (AvgIpc) is 2.41. The van der Waals surface area contributed by atoms with Crippen LogP contribution in [-0.2, 0) is 11.2 Å². The summed E-state index contributed by atoms with van der Waals surface area (Å²) in [5.74, 6) is -1.82. The Morgan fingerprint density at radius 1 is 1.20 bits per heavy atom. The third kappa shape index (κ3) is 3.61. The number of pyridine rings is 1. The quantitative estimate of drug-likeness (QED) is 0.894. The van der Waals surface area contributed by atoms with E-state index in [1.807, 2.05) is 0 Å². The van der Waals surface area contributed by atoms with Crippen LogP contribution < -0.4 is 5.32 Å². The molecule has 0 bridgehead atoms. The van der Waals surface area contributed by atoms with E-state index in [2.05, 4.69) is 10.3 Å². The monoisotopic (exact) mass is 274 g/mol. The maximum Gasteiger partial charge on any atom is 0.337 e. The number of carbonyl (C=O) groups excluding carboxylic acids is 1. The lowest BCUT2D eigenvalue weighted by atomic mass is 10.1. The van der Waals surface area contributed by atoms with Crippen molar-refractivity contribution < 1.29 is 19.1 Å². The first kappa shape index (κ1) is 13.7. The number of hydrogen-bond donors (Lipinski definition) is 2. The largest absolute Gasteiger partial charge is 0.478 e. The molecule has 0 aliphatic carbocycles. The van der Waals surface area contributed by atoms with Crippen molar-refractivity contribution in [3.8, 4) is 0 Å². The number of carboxylic acids is 1. The second-order valence-electron chi connectivity index (χ2n) is 4.12. The number of halogens is 1. The van der Waals surface area contributed by atoms with Crippen molar-refractivity contribution >= 4 is 17.6 Å². The highest BCUT2D eigenvalue weighted by Gasteiger charge is 2.08. The van der Waals surface area contributed by atoms with Crippen LogP contribution in [0.15, 0.2) is 42.7 Å². The van der Waals surface area contributed by atoms with E-state index >= 15 is 0 Å².